The molecule has 2 rings (SSSR count). The first kappa shape index (κ1) is 17.8. The van der Waals surface area contributed by atoms with Gasteiger partial charge in [-0.05, 0) is 37.3 Å². The van der Waals surface area contributed by atoms with E-state index >= 15 is 0 Å². The molecule has 126 valence electrons. The highest BCUT2D eigenvalue weighted by Crippen LogP contribution is 2.34. The molecule has 0 spiro atoms. The van der Waals surface area contributed by atoms with Gasteiger partial charge in [0.05, 0.1) is 17.1 Å². The first-order valence-corrected chi connectivity index (χ1v) is 8.22. The summed E-state index contributed by atoms with van der Waals surface area (Å²) in [5.41, 5.74) is -1.08. The van der Waals surface area contributed by atoms with Crippen LogP contribution in [0.4, 0.5) is 13.2 Å². The van der Waals surface area contributed by atoms with Gasteiger partial charge < -0.3 is 4.42 Å². The molecule has 0 unspecified atom stereocenters. The SMILES string of the molecule is Cc1ccc(CN(C)S(=O)(=O)c2cc(C(F)(F)F)ccc2Cl)o1. The van der Waals surface area contributed by atoms with Crippen LogP contribution in [0.1, 0.15) is 17.1 Å². The summed E-state index contributed by atoms with van der Waals surface area (Å²) in [5.74, 6) is 0.972. The summed E-state index contributed by atoms with van der Waals surface area (Å²) in [6.45, 7) is 1.57. The van der Waals surface area contributed by atoms with Crippen molar-refractivity contribution in [1.29, 1.82) is 0 Å². The van der Waals surface area contributed by atoms with Gasteiger partial charge in [-0.25, -0.2) is 8.42 Å². The Morgan fingerprint density at radius 3 is 2.39 bits per heavy atom. The van der Waals surface area contributed by atoms with Gasteiger partial charge in [0.2, 0.25) is 10.0 Å². The molecule has 0 fully saturated rings. The quantitative estimate of drug-likeness (QED) is 0.818. The second-order valence-electron chi connectivity index (χ2n) is 4.92. The minimum atomic E-state index is -4.66. The van der Waals surface area contributed by atoms with E-state index in [2.05, 4.69) is 0 Å². The van der Waals surface area contributed by atoms with Crippen molar-refractivity contribution in [3.8, 4) is 0 Å². The van der Waals surface area contributed by atoms with Gasteiger partial charge in [-0.15, -0.1) is 0 Å². The molecule has 0 aliphatic carbocycles. The number of hydrogen-bond acceptors (Lipinski definition) is 3. The van der Waals surface area contributed by atoms with E-state index in [0.717, 1.165) is 16.4 Å². The normalized spacial score (nSPS) is 12.8. The van der Waals surface area contributed by atoms with Gasteiger partial charge in [0.15, 0.2) is 0 Å². The summed E-state index contributed by atoms with van der Waals surface area (Å²) in [7, 11) is -2.96. The number of sulfonamides is 1. The maximum Gasteiger partial charge on any atom is 0.416 e. The number of benzene rings is 1. The summed E-state index contributed by atoms with van der Waals surface area (Å²) in [6, 6.07) is 5.43. The molecule has 0 aliphatic rings. The molecular weight excluding hydrogens is 355 g/mol. The summed E-state index contributed by atoms with van der Waals surface area (Å²) in [4.78, 5) is -0.597. The molecule has 0 N–H and O–H groups in total. The number of rotatable bonds is 4. The van der Waals surface area contributed by atoms with E-state index in [1.165, 1.54) is 7.05 Å². The summed E-state index contributed by atoms with van der Waals surface area (Å²) >= 11 is 5.79. The predicted molar refractivity (Wildman–Crippen MR) is 78.6 cm³/mol. The van der Waals surface area contributed by atoms with Gasteiger partial charge >= 0.3 is 6.18 Å². The molecule has 9 heteroatoms. The summed E-state index contributed by atoms with van der Waals surface area (Å²) < 4.78 is 69.4. The van der Waals surface area contributed by atoms with Crippen LogP contribution < -0.4 is 0 Å². The van der Waals surface area contributed by atoms with Gasteiger partial charge in [0, 0.05) is 7.05 Å². The van der Waals surface area contributed by atoms with Crippen LogP contribution in [-0.4, -0.2) is 19.8 Å². The minimum absolute atomic E-state index is 0.122. The van der Waals surface area contributed by atoms with E-state index in [1.807, 2.05) is 0 Å². The van der Waals surface area contributed by atoms with Crippen LogP contribution in [0, 0.1) is 6.92 Å². The highest BCUT2D eigenvalue weighted by molar-refractivity contribution is 7.89. The highest BCUT2D eigenvalue weighted by Gasteiger charge is 2.33. The van der Waals surface area contributed by atoms with E-state index < -0.39 is 26.7 Å². The zero-order valence-electron chi connectivity index (χ0n) is 12.2. The van der Waals surface area contributed by atoms with Crippen LogP contribution in [0.15, 0.2) is 39.6 Å². The molecule has 0 aliphatic heterocycles. The van der Waals surface area contributed by atoms with Crippen LogP contribution in [0.5, 0.6) is 0 Å². The Labute approximate surface area is 136 Å². The fourth-order valence-corrected chi connectivity index (χ4v) is 3.55. The van der Waals surface area contributed by atoms with Crippen molar-refractivity contribution in [1.82, 2.24) is 4.31 Å². The maximum atomic E-state index is 12.8. The van der Waals surface area contributed by atoms with Crippen LogP contribution >= 0.6 is 11.6 Å². The third-order valence-corrected chi connectivity index (χ3v) is 5.41. The molecule has 0 atom stereocenters. The monoisotopic (exact) mass is 367 g/mol. The molecule has 0 amide bonds. The van der Waals surface area contributed by atoms with E-state index in [4.69, 9.17) is 16.0 Å². The lowest BCUT2D eigenvalue weighted by Gasteiger charge is -2.18. The van der Waals surface area contributed by atoms with Crippen LogP contribution in [-0.2, 0) is 22.7 Å². The predicted octanol–water partition coefficient (Wildman–Crippen LogP) is 4.08. The van der Waals surface area contributed by atoms with Crippen molar-refractivity contribution in [2.75, 3.05) is 7.05 Å². The molecule has 0 bridgehead atoms. The highest BCUT2D eigenvalue weighted by atomic mass is 35.5. The van der Waals surface area contributed by atoms with Gasteiger partial charge in [-0.1, -0.05) is 11.6 Å². The van der Waals surface area contributed by atoms with Gasteiger partial charge in [0.25, 0.3) is 0 Å². The Kier molecular flexibility index (Phi) is 4.79. The molecule has 1 heterocycles. The standard InChI is InChI=1S/C14H13ClF3NO3S/c1-9-3-5-11(22-9)8-19(2)23(20,21)13-7-10(14(16,17)18)4-6-12(13)15/h3-7H,8H2,1-2H3. The molecular formula is C14H13ClF3NO3S. The fourth-order valence-electron chi connectivity index (χ4n) is 1.92. The van der Waals surface area contributed by atoms with Crippen molar-refractivity contribution in [3.63, 3.8) is 0 Å². The van der Waals surface area contributed by atoms with Crippen LogP contribution in [0.3, 0.4) is 0 Å². The molecule has 0 saturated carbocycles. The van der Waals surface area contributed by atoms with E-state index in [-0.39, 0.29) is 11.6 Å². The van der Waals surface area contributed by atoms with E-state index in [9.17, 15) is 21.6 Å². The average molecular weight is 368 g/mol. The van der Waals surface area contributed by atoms with Crippen molar-refractivity contribution in [2.45, 2.75) is 24.5 Å². The Morgan fingerprint density at radius 1 is 1.22 bits per heavy atom. The lowest BCUT2D eigenvalue weighted by molar-refractivity contribution is -0.137. The largest absolute Gasteiger partial charge is 0.465 e. The lowest BCUT2D eigenvalue weighted by atomic mass is 10.2. The summed E-state index contributed by atoms with van der Waals surface area (Å²) in [6.07, 6.45) is -4.66. The van der Waals surface area contributed by atoms with Gasteiger partial charge in [-0.3, -0.25) is 0 Å². The number of alkyl halides is 3. The Hall–Kier alpha value is -1.51. The second kappa shape index (κ2) is 6.18. The number of hydrogen-bond donors (Lipinski definition) is 0. The fraction of sp³-hybridized carbons (Fsp3) is 0.286. The smallest absolute Gasteiger partial charge is 0.416 e. The molecule has 23 heavy (non-hydrogen) atoms. The summed E-state index contributed by atoms with van der Waals surface area (Å²) in [5, 5.41) is -0.277. The maximum absolute atomic E-state index is 12.8. The molecule has 1 aromatic heterocycles. The number of nitrogens with zero attached hydrogens (tertiary/aromatic N) is 1. The van der Waals surface area contributed by atoms with Crippen LogP contribution in [0.25, 0.3) is 0 Å². The van der Waals surface area contributed by atoms with E-state index in [0.29, 0.717) is 17.6 Å². The molecule has 0 radical (unpaired) electrons. The topological polar surface area (TPSA) is 50.5 Å². The number of aryl methyl sites for hydroxylation is 1. The Balaban J connectivity index is 2.38. The van der Waals surface area contributed by atoms with Crippen molar-refractivity contribution in [3.05, 3.63) is 52.4 Å². The van der Waals surface area contributed by atoms with Crippen molar-refractivity contribution < 1.29 is 26.0 Å². The van der Waals surface area contributed by atoms with Crippen molar-refractivity contribution in [2.24, 2.45) is 0 Å². The van der Waals surface area contributed by atoms with E-state index in [1.54, 1.807) is 19.1 Å². The first-order valence-electron chi connectivity index (χ1n) is 6.40. The minimum Gasteiger partial charge on any atom is -0.465 e. The average Bonchev–Trinajstić information content (AvgIpc) is 2.83. The van der Waals surface area contributed by atoms with Gasteiger partial charge in [0.1, 0.15) is 16.4 Å². The number of halogens is 4. The molecule has 2 aromatic rings. The first-order chi connectivity index (χ1) is 10.5. The van der Waals surface area contributed by atoms with Crippen molar-refractivity contribution >= 4 is 21.6 Å². The zero-order valence-corrected chi connectivity index (χ0v) is 13.8. The molecule has 0 saturated heterocycles. The molecule has 4 nitrogen and oxygen atoms in total. The third-order valence-electron chi connectivity index (χ3n) is 3.12. The van der Waals surface area contributed by atoms with Crippen LogP contribution in [0.2, 0.25) is 5.02 Å². The number of furan rings is 1. The Bertz CT molecular complexity index is 815. The lowest BCUT2D eigenvalue weighted by Crippen LogP contribution is -2.27. The molecule has 1 aromatic carbocycles. The Morgan fingerprint density at radius 2 is 1.87 bits per heavy atom. The van der Waals surface area contributed by atoms with Gasteiger partial charge in [-0.2, -0.15) is 17.5 Å². The second-order valence-corrected chi connectivity index (χ2v) is 7.34. The third kappa shape index (κ3) is 3.88. The zero-order chi connectivity index (χ0) is 17.4.